The Hall–Kier alpha value is -2.54. The number of amides is 3. The molecule has 134 valence electrons. The summed E-state index contributed by atoms with van der Waals surface area (Å²) in [5, 5.41) is -0.0861. The highest BCUT2D eigenvalue weighted by atomic mass is 35.5. The van der Waals surface area contributed by atoms with Gasteiger partial charge in [0.05, 0.1) is 16.3 Å². The number of alkyl halides is 3. The van der Waals surface area contributed by atoms with Gasteiger partial charge in [-0.3, -0.25) is 4.79 Å². The van der Waals surface area contributed by atoms with Crippen LogP contribution in [-0.2, 0) is 23.9 Å². The summed E-state index contributed by atoms with van der Waals surface area (Å²) in [5.74, 6) is -0.564. The van der Waals surface area contributed by atoms with Crippen LogP contribution >= 0.6 is 11.6 Å². The van der Waals surface area contributed by atoms with Crippen LogP contribution in [0, 0.1) is 0 Å². The quantitative estimate of drug-likeness (QED) is 0.694. The lowest BCUT2D eigenvalue weighted by Crippen LogP contribution is -2.39. The average Bonchev–Trinajstić information content (AvgIpc) is 2.83. The van der Waals surface area contributed by atoms with Crippen molar-refractivity contribution in [2.24, 2.45) is 0 Å². The highest BCUT2D eigenvalue weighted by Gasteiger charge is 2.48. The zero-order chi connectivity index (χ0) is 18.6. The van der Waals surface area contributed by atoms with Gasteiger partial charge >= 0.3 is 12.2 Å². The molecule has 2 aromatic carbocycles. The summed E-state index contributed by atoms with van der Waals surface area (Å²) < 4.78 is 39.0. The molecule has 2 aliphatic rings. The van der Waals surface area contributed by atoms with Crippen molar-refractivity contribution in [1.82, 2.24) is 4.90 Å². The summed E-state index contributed by atoms with van der Waals surface area (Å²) in [6.07, 6.45) is -4.28. The smallest absolute Gasteiger partial charge is 0.307 e. The van der Waals surface area contributed by atoms with Gasteiger partial charge in [0.1, 0.15) is 6.04 Å². The maximum absolute atomic E-state index is 13.0. The number of nitrogens with zero attached hydrogens (tertiary/aromatic N) is 2. The zero-order valence-corrected chi connectivity index (χ0v) is 14.0. The Labute approximate surface area is 151 Å². The number of rotatable bonds is 1. The lowest BCUT2D eigenvalue weighted by molar-refractivity contribution is -0.137. The largest absolute Gasteiger partial charge is 0.416 e. The lowest BCUT2D eigenvalue weighted by Gasteiger charge is -2.28. The highest BCUT2D eigenvalue weighted by molar-refractivity contribution is 6.36. The number of carbonyl (C=O) groups is 2. The van der Waals surface area contributed by atoms with Crippen LogP contribution in [0.5, 0.6) is 0 Å². The Bertz CT molecular complexity index is 886. The summed E-state index contributed by atoms with van der Waals surface area (Å²) in [5.41, 5.74) is 0.661. The van der Waals surface area contributed by atoms with Gasteiger partial charge in [0.2, 0.25) is 0 Å². The lowest BCUT2D eigenvalue weighted by atomic mass is 9.95. The van der Waals surface area contributed by atoms with Crippen molar-refractivity contribution >= 4 is 29.2 Å². The first-order chi connectivity index (χ1) is 12.3. The molecule has 26 heavy (non-hydrogen) atoms. The van der Waals surface area contributed by atoms with Crippen LogP contribution in [0.3, 0.4) is 0 Å². The molecule has 8 heteroatoms. The van der Waals surface area contributed by atoms with Crippen molar-refractivity contribution in [2.75, 3.05) is 4.90 Å². The van der Waals surface area contributed by atoms with E-state index in [-0.39, 0.29) is 17.3 Å². The number of benzene rings is 2. The van der Waals surface area contributed by atoms with Crippen molar-refractivity contribution in [3.8, 4) is 0 Å². The molecule has 0 aromatic heterocycles. The van der Waals surface area contributed by atoms with Gasteiger partial charge in [-0.2, -0.15) is 13.2 Å². The van der Waals surface area contributed by atoms with Gasteiger partial charge in [0, 0.05) is 13.0 Å². The molecule has 0 bridgehead atoms. The molecule has 2 aliphatic heterocycles. The Morgan fingerprint density at radius 3 is 2.42 bits per heavy atom. The minimum absolute atomic E-state index is 0.0861. The van der Waals surface area contributed by atoms with Crippen LogP contribution in [-0.4, -0.2) is 22.9 Å². The Morgan fingerprint density at radius 2 is 1.73 bits per heavy atom. The van der Waals surface area contributed by atoms with Crippen molar-refractivity contribution in [3.05, 3.63) is 64.2 Å². The second kappa shape index (κ2) is 5.74. The van der Waals surface area contributed by atoms with E-state index in [2.05, 4.69) is 0 Å². The summed E-state index contributed by atoms with van der Waals surface area (Å²) in [7, 11) is 0. The second-order valence-electron chi connectivity index (χ2n) is 6.24. The van der Waals surface area contributed by atoms with Crippen LogP contribution in [0.2, 0.25) is 5.02 Å². The summed E-state index contributed by atoms with van der Waals surface area (Å²) in [6, 6.07) is 8.64. The molecule has 1 saturated heterocycles. The van der Waals surface area contributed by atoms with Crippen molar-refractivity contribution in [1.29, 1.82) is 0 Å². The summed E-state index contributed by atoms with van der Waals surface area (Å²) in [4.78, 5) is 27.7. The zero-order valence-electron chi connectivity index (χ0n) is 13.3. The number of hydrogen-bond acceptors (Lipinski definition) is 2. The third-order valence-electron chi connectivity index (χ3n) is 4.71. The van der Waals surface area contributed by atoms with Gasteiger partial charge in [-0.25, -0.2) is 9.69 Å². The number of anilines is 1. The molecule has 0 aliphatic carbocycles. The molecular formula is C18H12ClF3N2O2. The first-order valence-corrected chi connectivity index (χ1v) is 8.23. The number of carbonyl (C=O) groups excluding carboxylic acids is 2. The Kier molecular flexibility index (Phi) is 3.73. The molecule has 0 spiro atoms. The molecule has 3 amide bonds. The normalized spacial score (nSPS) is 19.6. The van der Waals surface area contributed by atoms with E-state index in [0.717, 1.165) is 34.2 Å². The SMILES string of the molecule is O=C1C2Cc3ccccc3CN2C(=O)N1c1cc(C(F)(F)F)ccc1Cl. The van der Waals surface area contributed by atoms with Gasteiger partial charge in [0.15, 0.2) is 0 Å². The van der Waals surface area contributed by atoms with Gasteiger partial charge in [-0.05, 0) is 29.3 Å². The Morgan fingerprint density at radius 1 is 1.04 bits per heavy atom. The van der Waals surface area contributed by atoms with Crippen molar-refractivity contribution < 1.29 is 22.8 Å². The predicted molar refractivity (Wildman–Crippen MR) is 88.8 cm³/mol. The van der Waals surface area contributed by atoms with Crippen LogP contribution in [0.4, 0.5) is 23.7 Å². The molecule has 4 nitrogen and oxygen atoms in total. The number of urea groups is 1. The van der Waals surface area contributed by atoms with E-state index in [1.807, 2.05) is 24.3 Å². The van der Waals surface area contributed by atoms with E-state index in [1.54, 1.807) is 0 Å². The fraction of sp³-hybridized carbons (Fsp3) is 0.222. The van der Waals surface area contributed by atoms with E-state index in [9.17, 15) is 22.8 Å². The Balaban J connectivity index is 1.75. The molecule has 1 unspecified atom stereocenters. The first-order valence-electron chi connectivity index (χ1n) is 7.85. The molecule has 1 atom stereocenters. The monoisotopic (exact) mass is 380 g/mol. The van der Waals surface area contributed by atoms with Crippen molar-refractivity contribution in [2.45, 2.75) is 25.2 Å². The molecule has 0 N–H and O–H groups in total. The molecule has 0 radical (unpaired) electrons. The van der Waals surface area contributed by atoms with Crippen LogP contribution in [0.15, 0.2) is 42.5 Å². The van der Waals surface area contributed by atoms with Gasteiger partial charge in [0.25, 0.3) is 5.91 Å². The standard InChI is InChI=1S/C18H12ClF3N2O2/c19-13-6-5-12(18(20,21)22)8-14(13)24-16(25)15-7-10-3-1-2-4-11(10)9-23(15)17(24)26/h1-6,8,15H,7,9H2. The van der Waals surface area contributed by atoms with Gasteiger partial charge in [-0.15, -0.1) is 0 Å². The second-order valence-corrected chi connectivity index (χ2v) is 6.64. The number of hydrogen-bond donors (Lipinski definition) is 0. The summed E-state index contributed by atoms with van der Waals surface area (Å²) >= 11 is 6.01. The third-order valence-corrected chi connectivity index (χ3v) is 5.02. The predicted octanol–water partition coefficient (Wildman–Crippen LogP) is 4.25. The van der Waals surface area contributed by atoms with Crippen LogP contribution < -0.4 is 4.90 Å². The first kappa shape index (κ1) is 16.9. The van der Waals surface area contributed by atoms with Crippen LogP contribution in [0.1, 0.15) is 16.7 Å². The maximum atomic E-state index is 13.0. The maximum Gasteiger partial charge on any atom is 0.416 e. The van der Waals surface area contributed by atoms with E-state index in [1.165, 1.54) is 4.90 Å². The van der Waals surface area contributed by atoms with E-state index >= 15 is 0 Å². The topological polar surface area (TPSA) is 40.6 Å². The average molecular weight is 381 g/mol. The molecule has 4 rings (SSSR count). The summed E-state index contributed by atoms with van der Waals surface area (Å²) in [6.45, 7) is 0.235. The molecule has 0 saturated carbocycles. The fourth-order valence-corrected chi connectivity index (χ4v) is 3.60. The minimum Gasteiger partial charge on any atom is -0.307 e. The number of imide groups is 1. The molecule has 2 aromatic rings. The molecule has 2 heterocycles. The number of halogens is 4. The van der Waals surface area contributed by atoms with Crippen LogP contribution in [0.25, 0.3) is 0 Å². The van der Waals surface area contributed by atoms with Gasteiger partial charge in [-0.1, -0.05) is 35.9 Å². The minimum atomic E-state index is -4.60. The fourth-order valence-electron chi connectivity index (χ4n) is 3.40. The van der Waals surface area contributed by atoms with E-state index in [4.69, 9.17) is 11.6 Å². The van der Waals surface area contributed by atoms with Crippen molar-refractivity contribution in [3.63, 3.8) is 0 Å². The third kappa shape index (κ3) is 2.54. The van der Waals surface area contributed by atoms with Gasteiger partial charge < -0.3 is 4.90 Å². The van der Waals surface area contributed by atoms with E-state index < -0.39 is 29.7 Å². The molecule has 1 fully saturated rings. The van der Waals surface area contributed by atoms with E-state index in [0.29, 0.717) is 6.42 Å². The number of fused-ring (bicyclic) bond motifs is 2. The molecular weight excluding hydrogens is 369 g/mol. The highest BCUT2D eigenvalue weighted by Crippen LogP contribution is 2.39.